The van der Waals surface area contributed by atoms with Gasteiger partial charge in [-0.25, -0.2) is 0 Å². The predicted octanol–water partition coefficient (Wildman–Crippen LogP) is 7.91. The van der Waals surface area contributed by atoms with Gasteiger partial charge in [0.05, 0.1) is 11.0 Å². The lowest BCUT2D eigenvalue weighted by molar-refractivity contribution is 0.487. The van der Waals surface area contributed by atoms with E-state index in [-0.39, 0.29) is 0 Å². The Morgan fingerprint density at radius 3 is 1.58 bits per heavy atom. The Hall–Kier alpha value is -5.64. The van der Waals surface area contributed by atoms with Gasteiger partial charge in [-0.2, -0.15) is 0 Å². The van der Waals surface area contributed by atoms with Crippen molar-refractivity contribution in [2.45, 2.75) is 0 Å². The molecule has 7 aromatic carbocycles. The zero-order valence-corrected chi connectivity index (χ0v) is 25.4. The molecule has 2 nitrogen and oxygen atoms in total. The molecule has 1 spiro atoms. The van der Waals surface area contributed by atoms with Crippen LogP contribution in [-0.2, 0) is 0 Å². The van der Waals surface area contributed by atoms with E-state index in [1.165, 1.54) is 70.5 Å². The van der Waals surface area contributed by atoms with Crippen molar-refractivity contribution in [2.24, 2.45) is 0 Å². The largest absolute Gasteiger partial charge is 0.458 e. The van der Waals surface area contributed by atoms with Crippen LogP contribution in [0.25, 0.3) is 49.7 Å². The van der Waals surface area contributed by atoms with Crippen molar-refractivity contribution < 1.29 is 4.74 Å². The van der Waals surface area contributed by atoms with Crippen LogP contribution in [0.15, 0.2) is 164 Å². The van der Waals surface area contributed by atoms with E-state index in [4.69, 9.17) is 4.74 Å². The molecule has 0 unspecified atom stereocenters. The fourth-order valence-corrected chi connectivity index (χ4v) is 13.4. The second-order valence-corrected chi connectivity index (χ2v) is 15.7. The van der Waals surface area contributed by atoms with Crippen LogP contribution < -0.4 is 25.5 Å². The van der Waals surface area contributed by atoms with Gasteiger partial charge >= 0.3 is 0 Å². The summed E-state index contributed by atoms with van der Waals surface area (Å²) >= 11 is 0. The fourth-order valence-electron chi connectivity index (χ4n) is 8.04. The van der Waals surface area contributed by atoms with Gasteiger partial charge in [0.1, 0.15) is 11.5 Å². The summed E-state index contributed by atoms with van der Waals surface area (Å²) in [6, 6.07) is 60.0. The Kier molecular flexibility index (Phi) is 5.05. The third kappa shape index (κ3) is 3.28. The van der Waals surface area contributed by atoms with Crippen LogP contribution in [0.3, 0.4) is 0 Å². The molecular formula is C42H27NOSi. The van der Waals surface area contributed by atoms with Crippen molar-refractivity contribution in [2.75, 3.05) is 0 Å². The minimum Gasteiger partial charge on any atom is -0.458 e. The molecule has 0 amide bonds. The zero-order chi connectivity index (χ0) is 29.5. The normalized spacial score (nSPS) is 13.7. The van der Waals surface area contributed by atoms with E-state index in [0.29, 0.717) is 0 Å². The first-order valence-electron chi connectivity index (χ1n) is 15.5. The number of nitrogens with zero attached hydrogens (tertiary/aromatic N) is 1. The highest BCUT2D eigenvalue weighted by Crippen LogP contribution is 2.38. The van der Waals surface area contributed by atoms with Gasteiger partial charge in [-0.05, 0) is 79.4 Å². The minimum absolute atomic E-state index is 0.978. The molecule has 2 aliphatic heterocycles. The topological polar surface area (TPSA) is 14.2 Å². The summed E-state index contributed by atoms with van der Waals surface area (Å²) in [5.41, 5.74) is 8.77. The molecule has 0 aliphatic carbocycles. The highest BCUT2D eigenvalue weighted by molar-refractivity contribution is 7.23. The minimum atomic E-state index is -2.61. The number of hydrogen-bond acceptors (Lipinski definition) is 1. The molecule has 0 fully saturated rings. The number of para-hydroxylation sites is 4. The molecule has 0 N–H and O–H groups in total. The maximum Gasteiger partial charge on any atom is 0.189 e. The molecule has 3 heterocycles. The maximum atomic E-state index is 6.55. The quantitative estimate of drug-likeness (QED) is 0.187. The van der Waals surface area contributed by atoms with Gasteiger partial charge in [-0.15, -0.1) is 0 Å². The maximum absolute atomic E-state index is 6.55. The second-order valence-electron chi connectivity index (χ2n) is 12.1. The van der Waals surface area contributed by atoms with E-state index in [1.54, 1.807) is 0 Å². The van der Waals surface area contributed by atoms with E-state index in [1.807, 2.05) is 0 Å². The zero-order valence-electron chi connectivity index (χ0n) is 24.4. The Morgan fingerprint density at radius 1 is 0.400 bits per heavy atom. The van der Waals surface area contributed by atoms with Crippen molar-refractivity contribution >= 4 is 50.6 Å². The molecule has 0 saturated heterocycles. The molecule has 0 saturated carbocycles. The summed E-state index contributed by atoms with van der Waals surface area (Å²) in [6.45, 7) is 0. The number of aromatic nitrogens is 1. The highest BCUT2D eigenvalue weighted by Gasteiger charge is 2.53. The predicted molar refractivity (Wildman–Crippen MR) is 189 cm³/mol. The van der Waals surface area contributed by atoms with Gasteiger partial charge in [-0.3, -0.25) is 0 Å². The highest BCUT2D eigenvalue weighted by atomic mass is 28.3. The summed E-state index contributed by atoms with van der Waals surface area (Å²) in [6.07, 6.45) is 0. The summed E-state index contributed by atoms with van der Waals surface area (Å²) in [5, 5.41) is 8.10. The number of ether oxygens (including phenoxy) is 1. The van der Waals surface area contributed by atoms with Crippen molar-refractivity contribution in [1.29, 1.82) is 0 Å². The average Bonchev–Trinajstić information content (AvgIpc) is 3.59. The van der Waals surface area contributed by atoms with Crippen LogP contribution >= 0.6 is 0 Å². The average molecular weight is 590 g/mol. The SMILES string of the molecule is c1ccc2c(c1)Oc1ccccc1[Si]21c2ccccc2-c2ccc(-c3ccc(-n4c5ccccc5c5ccccc54)cc3)cc21. The van der Waals surface area contributed by atoms with E-state index in [0.717, 1.165) is 11.5 Å². The summed E-state index contributed by atoms with van der Waals surface area (Å²) in [4.78, 5) is 0. The van der Waals surface area contributed by atoms with Crippen LogP contribution in [0.5, 0.6) is 11.5 Å². The number of fused-ring (bicyclic) bond motifs is 12. The third-order valence-corrected chi connectivity index (χ3v) is 14.8. The second kappa shape index (κ2) is 9.18. The molecule has 1 aromatic heterocycles. The van der Waals surface area contributed by atoms with Gasteiger partial charge in [0.15, 0.2) is 8.07 Å². The standard InChI is InChI=1S/C42H27NOSi/c1-4-14-35-31(11-1)32-12-2-5-15-36(32)43(35)30-24-21-28(22-25-30)29-23-26-34-33-13-3-8-18-39(33)45(42(34)27-29)40-19-9-6-16-37(40)44-38-17-7-10-20-41(38)45/h1-27H. The van der Waals surface area contributed by atoms with Crippen LogP contribution in [0, 0.1) is 0 Å². The molecule has 10 rings (SSSR count). The smallest absolute Gasteiger partial charge is 0.189 e. The molecule has 8 aromatic rings. The van der Waals surface area contributed by atoms with Crippen LogP contribution in [0.2, 0.25) is 0 Å². The number of benzene rings is 7. The van der Waals surface area contributed by atoms with Crippen LogP contribution in [0.1, 0.15) is 0 Å². The van der Waals surface area contributed by atoms with E-state index in [9.17, 15) is 0 Å². The number of hydrogen-bond donors (Lipinski definition) is 0. The molecule has 2 aliphatic rings. The van der Waals surface area contributed by atoms with E-state index >= 15 is 0 Å². The first-order valence-corrected chi connectivity index (χ1v) is 17.5. The Labute approximate surface area is 262 Å². The van der Waals surface area contributed by atoms with Crippen molar-refractivity contribution in [3.63, 3.8) is 0 Å². The lowest BCUT2D eigenvalue weighted by Crippen LogP contribution is -2.74. The Balaban J connectivity index is 1.18. The van der Waals surface area contributed by atoms with Gasteiger partial charge in [0, 0.05) is 16.5 Å². The Bertz CT molecular complexity index is 2370. The first-order chi connectivity index (χ1) is 22.3. The van der Waals surface area contributed by atoms with Crippen molar-refractivity contribution in [1.82, 2.24) is 4.57 Å². The van der Waals surface area contributed by atoms with Crippen LogP contribution in [-0.4, -0.2) is 12.6 Å². The molecular weight excluding hydrogens is 563 g/mol. The van der Waals surface area contributed by atoms with E-state index in [2.05, 4.69) is 168 Å². The number of rotatable bonds is 2. The van der Waals surface area contributed by atoms with Gasteiger partial charge < -0.3 is 9.30 Å². The Morgan fingerprint density at radius 2 is 0.911 bits per heavy atom. The molecule has 45 heavy (non-hydrogen) atoms. The van der Waals surface area contributed by atoms with Gasteiger partial charge in [0.25, 0.3) is 0 Å². The third-order valence-electron chi connectivity index (χ3n) is 9.89. The molecule has 3 heteroatoms. The lowest BCUT2D eigenvalue weighted by atomic mass is 10.0. The fraction of sp³-hybridized carbons (Fsp3) is 0. The van der Waals surface area contributed by atoms with Crippen molar-refractivity contribution in [3.05, 3.63) is 164 Å². The molecule has 0 radical (unpaired) electrons. The molecule has 0 atom stereocenters. The van der Waals surface area contributed by atoms with Gasteiger partial charge in [0.2, 0.25) is 0 Å². The molecule has 0 bridgehead atoms. The van der Waals surface area contributed by atoms with Gasteiger partial charge in [-0.1, -0.05) is 127 Å². The van der Waals surface area contributed by atoms with E-state index < -0.39 is 8.07 Å². The first kappa shape index (κ1) is 24.8. The van der Waals surface area contributed by atoms with Crippen molar-refractivity contribution in [3.8, 4) is 39.4 Å². The lowest BCUT2D eigenvalue weighted by Gasteiger charge is -2.37. The summed E-state index contributed by atoms with van der Waals surface area (Å²) in [7, 11) is -2.61. The molecule has 210 valence electrons. The summed E-state index contributed by atoms with van der Waals surface area (Å²) < 4.78 is 8.93. The van der Waals surface area contributed by atoms with Crippen LogP contribution in [0.4, 0.5) is 0 Å². The summed E-state index contributed by atoms with van der Waals surface area (Å²) in [5.74, 6) is 1.96. The monoisotopic (exact) mass is 589 g/mol.